The van der Waals surface area contributed by atoms with Crippen LogP contribution in [0.3, 0.4) is 0 Å². The minimum absolute atomic E-state index is 0.418. The minimum atomic E-state index is -0.839. The van der Waals surface area contributed by atoms with E-state index in [1.165, 1.54) is 0 Å². The molecule has 0 saturated heterocycles. The molecule has 0 aliphatic heterocycles. The molecule has 1 aromatic carbocycles. The normalized spacial score (nSPS) is 12.4. The number of hydrogen-bond acceptors (Lipinski definition) is 3. The van der Waals surface area contributed by atoms with Crippen LogP contribution in [0.25, 0.3) is 0 Å². The molecule has 0 aliphatic rings. The van der Waals surface area contributed by atoms with E-state index in [9.17, 15) is 4.79 Å². The van der Waals surface area contributed by atoms with Crippen molar-refractivity contribution in [1.29, 1.82) is 0 Å². The highest BCUT2D eigenvalue weighted by molar-refractivity contribution is 7.98. The molecule has 0 radical (unpaired) electrons. The highest BCUT2D eigenvalue weighted by Gasteiger charge is 2.16. The fourth-order valence-corrected chi connectivity index (χ4v) is 2.39. The summed E-state index contributed by atoms with van der Waals surface area (Å²) in [6.07, 6.45) is 2.54. The van der Waals surface area contributed by atoms with Gasteiger partial charge in [0.15, 0.2) is 0 Å². The highest BCUT2D eigenvalue weighted by atomic mass is 35.5. The van der Waals surface area contributed by atoms with Gasteiger partial charge in [0.1, 0.15) is 6.04 Å². The van der Waals surface area contributed by atoms with Crippen LogP contribution in [0.5, 0.6) is 0 Å². The van der Waals surface area contributed by atoms with Gasteiger partial charge < -0.3 is 10.4 Å². The molecule has 2 N–H and O–H groups in total. The van der Waals surface area contributed by atoms with Crippen LogP contribution in [-0.2, 0) is 11.3 Å². The first-order valence-electron chi connectivity index (χ1n) is 5.43. The van der Waals surface area contributed by atoms with Crippen LogP contribution >= 0.6 is 35.0 Å². The zero-order valence-corrected chi connectivity index (χ0v) is 12.3. The summed E-state index contributed by atoms with van der Waals surface area (Å²) in [4.78, 5) is 11.0. The Bertz CT molecular complexity index is 415. The minimum Gasteiger partial charge on any atom is -0.480 e. The van der Waals surface area contributed by atoms with Crippen molar-refractivity contribution in [2.45, 2.75) is 19.0 Å². The molecular formula is C12H15Cl2NO2S. The Hall–Kier alpha value is -0.420. The standard InChI is InChI=1S/C12H15Cl2NO2S/c1-18-5-4-11(12(16)17)15-7-8-2-3-9(13)6-10(8)14/h2-3,6,11,15H,4-5,7H2,1H3,(H,16,17). The van der Waals surface area contributed by atoms with Gasteiger partial charge >= 0.3 is 5.97 Å². The van der Waals surface area contributed by atoms with Crippen LogP contribution in [0.4, 0.5) is 0 Å². The largest absolute Gasteiger partial charge is 0.480 e. The van der Waals surface area contributed by atoms with E-state index in [0.29, 0.717) is 23.0 Å². The van der Waals surface area contributed by atoms with Gasteiger partial charge in [-0.1, -0.05) is 29.3 Å². The number of thioether (sulfide) groups is 1. The number of carboxylic acid groups (broad SMARTS) is 1. The molecule has 1 aromatic rings. The first-order valence-corrected chi connectivity index (χ1v) is 7.58. The van der Waals surface area contributed by atoms with Gasteiger partial charge in [0, 0.05) is 16.6 Å². The van der Waals surface area contributed by atoms with Crippen LogP contribution in [0.2, 0.25) is 10.0 Å². The maximum Gasteiger partial charge on any atom is 0.320 e. The number of hydrogen-bond donors (Lipinski definition) is 2. The lowest BCUT2D eigenvalue weighted by molar-refractivity contribution is -0.139. The molecule has 0 saturated carbocycles. The Kier molecular flexibility index (Phi) is 6.86. The number of benzene rings is 1. The maximum atomic E-state index is 11.0. The van der Waals surface area contributed by atoms with E-state index in [1.807, 2.05) is 6.26 Å². The second-order valence-electron chi connectivity index (χ2n) is 3.79. The molecule has 0 heterocycles. The van der Waals surface area contributed by atoms with Crippen molar-refractivity contribution in [3.63, 3.8) is 0 Å². The van der Waals surface area contributed by atoms with Crippen LogP contribution < -0.4 is 5.32 Å². The van der Waals surface area contributed by atoms with E-state index in [-0.39, 0.29) is 0 Å². The molecule has 1 rings (SSSR count). The predicted molar refractivity (Wildman–Crippen MR) is 77.7 cm³/mol. The summed E-state index contributed by atoms with van der Waals surface area (Å²) in [6, 6.07) is 4.63. The summed E-state index contributed by atoms with van der Waals surface area (Å²) in [5.74, 6) is -0.0349. The Balaban J connectivity index is 2.58. The van der Waals surface area contributed by atoms with Gasteiger partial charge in [-0.15, -0.1) is 0 Å². The first-order chi connectivity index (χ1) is 8.54. The van der Waals surface area contributed by atoms with E-state index < -0.39 is 12.0 Å². The van der Waals surface area contributed by atoms with Crippen LogP contribution in [-0.4, -0.2) is 29.1 Å². The van der Waals surface area contributed by atoms with Gasteiger partial charge in [0.25, 0.3) is 0 Å². The monoisotopic (exact) mass is 307 g/mol. The molecule has 0 fully saturated rings. The summed E-state index contributed by atoms with van der Waals surface area (Å²) in [7, 11) is 0. The number of rotatable bonds is 7. The maximum absolute atomic E-state index is 11.0. The molecule has 0 spiro atoms. The quantitative estimate of drug-likeness (QED) is 0.811. The van der Waals surface area contributed by atoms with Crippen molar-refractivity contribution in [3.8, 4) is 0 Å². The van der Waals surface area contributed by atoms with Crippen molar-refractivity contribution in [2.24, 2.45) is 0 Å². The number of nitrogens with one attached hydrogen (secondary N) is 1. The molecule has 0 aliphatic carbocycles. The summed E-state index contributed by atoms with van der Waals surface area (Å²) in [6.45, 7) is 0.418. The predicted octanol–water partition coefficient (Wildman–Crippen LogP) is 3.29. The summed E-state index contributed by atoms with van der Waals surface area (Å²) in [5, 5.41) is 13.2. The second-order valence-corrected chi connectivity index (χ2v) is 5.62. The van der Waals surface area contributed by atoms with Gasteiger partial charge in [0.2, 0.25) is 0 Å². The average Bonchev–Trinajstić information content (AvgIpc) is 2.31. The fraction of sp³-hybridized carbons (Fsp3) is 0.417. The zero-order chi connectivity index (χ0) is 13.5. The average molecular weight is 308 g/mol. The molecule has 0 amide bonds. The summed E-state index contributed by atoms with van der Waals surface area (Å²) < 4.78 is 0. The first kappa shape index (κ1) is 15.6. The van der Waals surface area contributed by atoms with Gasteiger partial charge in [-0.05, 0) is 36.1 Å². The van der Waals surface area contributed by atoms with E-state index in [1.54, 1.807) is 30.0 Å². The van der Waals surface area contributed by atoms with Crippen LogP contribution in [0.1, 0.15) is 12.0 Å². The topological polar surface area (TPSA) is 49.3 Å². The van der Waals surface area contributed by atoms with E-state index in [0.717, 1.165) is 11.3 Å². The number of halogens is 2. The molecule has 18 heavy (non-hydrogen) atoms. The molecular weight excluding hydrogens is 293 g/mol. The molecule has 0 bridgehead atoms. The van der Waals surface area contributed by atoms with Gasteiger partial charge in [0.05, 0.1) is 0 Å². The summed E-state index contributed by atoms with van der Waals surface area (Å²) in [5.41, 5.74) is 0.844. The molecule has 1 unspecified atom stereocenters. The second kappa shape index (κ2) is 7.89. The number of carboxylic acids is 1. The van der Waals surface area contributed by atoms with Crippen molar-refractivity contribution in [1.82, 2.24) is 5.32 Å². The molecule has 6 heteroatoms. The third-order valence-corrected chi connectivity index (χ3v) is 3.69. The van der Waals surface area contributed by atoms with E-state index in [2.05, 4.69) is 5.32 Å². The van der Waals surface area contributed by atoms with Crippen molar-refractivity contribution in [2.75, 3.05) is 12.0 Å². The highest BCUT2D eigenvalue weighted by Crippen LogP contribution is 2.20. The van der Waals surface area contributed by atoms with E-state index in [4.69, 9.17) is 28.3 Å². The van der Waals surface area contributed by atoms with Crippen molar-refractivity contribution in [3.05, 3.63) is 33.8 Å². The third kappa shape index (κ3) is 5.06. The Labute approximate surface area is 121 Å². The van der Waals surface area contributed by atoms with Crippen molar-refractivity contribution < 1.29 is 9.90 Å². The molecule has 3 nitrogen and oxygen atoms in total. The lowest BCUT2D eigenvalue weighted by Crippen LogP contribution is -2.36. The lowest BCUT2D eigenvalue weighted by Gasteiger charge is -2.14. The Morgan fingerprint density at radius 2 is 2.22 bits per heavy atom. The SMILES string of the molecule is CSCCC(NCc1ccc(Cl)cc1Cl)C(=O)O. The van der Waals surface area contributed by atoms with Gasteiger partial charge in [-0.2, -0.15) is 11.8 Å². The lowest BCUT2D eigenvalue weighted by atomic mass is 10.2. The molecule has 0 aromatic heterocycles. The Morgan fingerprint density at radius 1 is 1.50 bits per heavy atom. The smallest absolute Gasteiger partial charge is 0.320 e. The van der Waals surface area contributed by atoms with E-state index >= 15 is 0 Å². The molecule has 1 atom stereocenters. The van der Waals surface area contributed by atoms with Gasteiger partial charge in [-0.3, -0.25) is 4.79 Å². The third-order valence-electron chi connectivity index (χ3n) is 2.46. The number of aliphatic carboxylic acids is 1. The van der Waals surface area contributed by atoms with Gasteiger partial charge in [-0.25, -0.2) is 0 Å². The summed E-state index contributed by atoms with van der Waals surface area (Å²) >= 11 is 13.4. The zero-order valence-electron chi connectivity index (χ0n) is 9.95. The van der Waals surface area contributed by atoms with Crippen LogP contribution in [0.15, 0.2) is 18.2 Å². The fourth-order valence-electron chi connectivity index (χ4n) is 1.45. The number of carbonyl (C=O) groups is 1. The Morgan fingerprint density at radius 3 is 2.78 bits per heavy atom. The van der Waals surface area contributed by atoms with Crippen molar-refractivity contribution >= 4 is 40.9 Å². The molecule has 100 valence electrons. The van der Waals surface area contributed by atoms with Crippen LogP contribution in [0, 0.1) is 0 Å².